The van der Waals surface area contributed by atoms with Crippen LogP contribution >= 0.6 is 12.2 Å². The summed E-state index contributed by atoms with van der Waals surface area (Å²) in [6.07, 6.45) is 3.73. The Bertz CT molecular complexity index is 272. The maximum absolute atomic E-state index is 11.7. The lowest BCUT2D eigenvalue weighted by atomic mass is 9.80. The van der Waals surface area contributed by atoms with Crippen LogP contribution in [-0.2, 0) is 9.53 Å². The van der Waals surface area contributed by atoms with Crippen LogP contribution in [0, 0.1) is 0 Å². The molecule has 2 fully saturated rings. The highest BCUT2D eigenvalue weighted by Gasteiger charge is 2.46. The highest BCUT2D eigenvalue weighted by atomic mass is 32.1. The fraction of sp³-hybridized carbons (Fsp3) is 0.778. The molecule has 4 nitrogen and oxygen atoms in total. The molecule has 1 aliphatic carbocycles. The molecule has 1 heterocycles. The van der Waals surface area contributed by atoms with E-state index in [0.29, 0.717) is 11.2 Å². The molecule has 2 rings (SSSR count). The number of ether oxygens (including phenoxy) is 1. The standard InChI is InChI=1S/C9H14N2O2S/c1-13-6-2-4-9(5-3-6)7(12)10-8(14)11-9/h6H,2-5H2,1H3,(H2,10,11,12,14). The van der Waals surface area contributed by atoms with Gasteiger partial charge in [-0.3, -0.25) is 4.79 Å². The number of amides is 1. The summed E-state index contributed by atoms with van der Waals surface area (Å²) in [5.41, 5.74) is -0.438. The van der Waals surface area contributed by atoms with Crippen molar-refractivity contribution in [3.8, 4) is 0 Å². The summed E-state index contributed by atoms with van der Waals surface area (Å²) in [6, 6.07) is 0. The Morgan fingerprint density at radius 1 is 1.50 bits per heavy atom. The number of nitrogens with one attached hydrogen (secondary N) is 2. The highest BCUT2D eigenvalue weighted by Crippen LogP contribution is 2.31. The van der Waals surface area contributed by atoms with Gasteiger partial charge < -0.3 is 15.4 Å². The van der Waals surface area contributed by atoms with Gasteiger partial charge in [-0.05, 0) is 37.9 Å². The molecular formula is C9H14N2O2S. The van der Waals surface area contributed by atoms with Crippen LogP contribution in [0.5, 0.6) is 0 Å². The number of thiocarbonyl (C=S) groups is 1. The van der Waals surface area contributed by atoms with E-state index in [1.54, 1.807) is 7.11 Å². The smallest absolute Gasteiger partial charge is 0.251 e. The first-order valence-corrected chi connectivity index (χ1v) is 5.23. The molecule has 5 heteroatoms. The van der Waals surface area contributed by atoms with Gasteiger partial charge in [0.15, 0.2) is 5.11 Å². The van der Waals surface area contributed by atoms with Gasteiger partial charge in [0.1, 0.15) is 5.54 Å². The topological polar surface area (TPSA) is 50.4 Å². The molecule has 0 radical (unpaired) electrons. The summed E-state index contributed by atoms with van der Waals surface area (Å²) >= 11 is 4.93. The minimum atomic E-state index is -0.438. The van der Waals surface area contributed by atoms with Crippen molar-refractivity contribution in [2.75, 3.05) is 7.11 Å². The van der Waals surface area contributed by atoms with E-state index in [9.17, 15) is 4.79 Å². The van der Waals surface area contributed by atoms with Crippen molar-refractivity contribution in [1.29, 1.82) is 0 Å². The number of hydrogen-bond donors (Lipinski definition) is 2. The predicted octanol–water partition coefficient (Wildman–Crippen LogP) is 0.319. The van der Waals surface area contributed by atoms with Gasteiger partial charge in [-0.25, -0.2) is 0 Å². The van der Waals surface area contributed by atoms with Crippen LogP contribution in [0.4, 0.5) is 0 Å². The van der Waals surface area contributed by atoms with Gasteiger partial charge in [-0.15, -0.1) is 0 Å². The van der Waals surface area contributed by atoms with E-state index >= 15 is 0 Å². The van der Waals surface area contributed by atoms with Gasteiger partial charge in [0, 0.05) is 7.11 Å². The molecule has 1 saturated carbocycles. The maximum Gasteiger partial charge on any atom is 0.251 e. The van der Waals surface area contributed by atoms with Gasteiger partial charge in [0.2, 0.25) is 0 Å². The minimum Gasteiger partial charge on any atom is -0.381 e. The van der Waals surface area contributed by atoms with Gasteiger partial charge >= 0.3 is 0 Å². The van der Waals surface area contributed by atoms with Gasteiger partial charge in [0.05, 0.1) is 6.10 Å². The number of carbonyl (C=O) groups excluding carboxylic acids is 1. The molecule has 78 valence electrons. The number of hydrogen-bond acceptors (Lipinski definition) is 3. The molecule has 0 aromatic rings. The van der Waals surface area contributed by atoms with Crippen LogP contribution in [0.15, 0.2) is 0 Å². The Hall–Kier alpha value is -0.680. The second-order valence-electron chi connectivity index (χ2n) is 3.93. The van der Waals surface area contributed by atoms with E-state index in [1.807, 2.05) is 0 Å². The fourth-order valence-electron chi connectivity index (χ4n) is 2.20. The third-order valence-electron chi connectivity index (χ3n) is 3.13. The lowest BCUT2D eigenvalue weighted by Gasteiger charge is -2.34. The number of rotatable bonds is 1. The summed E-state index contributed by atoms with van der Waals surface area (Å²) in [5, 5.41) is 6.19. The van der Waals surface area contributed by atoms with Crippen molar-refractivity contribution in [3.05, 3.63) is 0 Å². The molecule has 2 aliphatic rings. The van der Waals surface area contributed by atoms with Crippen LogP contribution < -0.4 is 10.6 Å². The normalized spacial score (nSPS) is 37.1. The Labute approximate surface area is 88.4 Å². The quantitative estimate of drug-likeness (QED) is 0.617. The van der Waals surface area contributed by atoms with Crippen LogP contribution in [-0.4, -0.2) is 29.8 Å². The molecule has 1 saturated heterocycles. The van der Waals surface area contributed by atoms with Gasteiger partial charge in [-0.1, -0.05) is 0 Å². The Morgan fingerprint density at radius 2 is 2.14 bits per heavy atom. The third-order valence-corrected chi connectivity index (χ3v) is 3.34. The van der Waals surface area contributed by atoms with Crippen LogP contribution in [0.25, 0.3) is 0 Å². The summed E-state index contributed by atoms with van der Waals surface area (Å²) in [6.45, 7) is 0. The second-order valence-corrected chi connectivity index (χ2v) is 4.33. The van der Waals surface area contributed by atoms with Crippen molar-refractivity contribution >= 4 is 23.2 Å². The van der Waals surface area contributed by atoms with Gasteiger partial charge in [0.25, 0.3) is 5.91 Å². The maximum atomic E-state index is 11.7. The lowest BCUT2D eigenvalue weighted by molar-refractivity contribution is -0.126. The monoisotopic (exact) mass is 214 g/mol. The van der Waals surface area contributed by atoms with Crippen LogP contribution in [0.2, 0.25) is 0 Å². The summed E-state index contributed by atoms with van der Waals surface area (Å²) in [4.78, 5) is 11.7. The van der Waals surface area contributed by atoms with Crippen molar-refractivity contribution < 1.29 is 9.53 Å². The molecule has 14 heavy (non-hydrogen) atoms. The summed E-state index contributed by atoms with van der Waals surface area (Å²) in [5.74, 6) is 0.0250. The Kier molecular flexibility index (Phi) is 2.45. The number of methoxy groups -OCH3 is 1. The first-order valence-electron chi connectivity index (χ1n) is 4.83. The zero-order valence-electron chi connectivity index (χ0n) is 8.13. The molecule has 0 atom stereocenters. The third kappa shape index (κ3) is 1.50. The molecule has 0 aromatic carbocycles. The minimum absolute atomic E-state index is 0.0250. The zero-order valence-corrected chi connectivity index (χ0v) is 8.95. The van der Waals surface area contributed by atoms with E-state index in [1.165, 1.54) is 0 Å². The molecule has 1 amide bonds. The SMILES string of the molecule is COC1CCC2(CC1)NC(=S)NC2=O. The molecule has 0 bridgehead atoms. The Balaban J connectivity index is 2.05. The lowest BCUT2D eigenvalue weighted by Crippen LogP contribution is -2.50. The molecular weight excluding hydrogens is 200 g/mol. The van der Waals surface area contributed by atoms with Crippen molar-refractivity contribution in [2.24, 2.45) is 0 Å². The number of carbonyl (C=O) groups is 1. The Morgan fingerprint density at radius 3 is 2.57 bits per heavy atom. The van der Waals surface area contributed by atoms with Gasteiger partial charge in [-0.2, -0.15) is 0 Å². The van der Waals surface area contributed by atoms with Crippen molar-refractivity contribution in [1.82, 2.24) is 10.6 Å². The first kappa shape index (κ1) is 9.86. The van der Waals surface area contributed by atoms with Crippen molar-refractivity contribution in [2.45, 2.75) is 37.3 Å². The summed E-state index contributed by atoms with van der Waals surface area (Å²) < 4.78 is 5.26. The fourth-order valence-corrected chi connectivity index (χ4v) is 2.49. The van der Waals surface area contributed by atoms with E-state index in [0.717, 1.165) is 25.7 Å². The molecule has 0 aromatic heterocycles. The van der Waals surface area contributed by atoms with Crippen LogP contribution in [0.1, 0.15) is 25.7 Å². The average molecular weight is 214 g/mol. The predicted molar refractivity (Wildman–Crippen MR) is 55.9 cm³/mol. The first-order chi connectivity index (χ1) is 6.66. The molecule has 1 aliphatic heterocycles. The molecule has 0 unspecified atom stereocenters. The summed E-state index contributed by atoms with van der Waals surface area (Å²) in [7, 11) is 1.72. The molecule has 2 N–H and O–H groups in total. The zero-order chi connectivity index (χ0) is 10.2. The molecule has 1 spiro atoms. The van der Waals surface area contributed by atoms with E-state index in [2.05, 4.69) is 10.6 Å². The van der Waals surface area contributed by atoms with Crippen molar-refractivity contribution in [3.63, 3.8) is 0 Å². The highest BCUT2D eigenvalue weighted by molar-refractivity contribution is 7.80. The van der Waals surface area contributed by atoms with E-state index < -0.39 is 5.54 Å². The van der Waals surface area contributed by atoms with Crippen LogP contribution in [0.3, 0.4) is 0 Å². The second kappa shape index (κ2) is 3.47. The largest absolute Gasteiger partial charge is 0.381 e. The van der Waals surface area contributed by atoms with E-state index in [-0.39, 0.29) is 5.91 Å². The van der Waals surface area contributed by atoms with E-state index in [4.69, 9.17) is 17.0 Å². The average Bonchev–Trinajstić information content (AvgIpc) is 2.43.